The molecule has 0 radical (unpaired) electrons. The molecule has 1 aromatic rings. The van der Waals surface area contributed by atoms with Crippen LogP contribution in [0.2, 0.25) is 0 Å². The Morgan fingerprint density at radius 1 is 1.04 bits per heavy atom. The van der Waals surface area contributed by atoms with Gasteiger partial charge in [0.15, 0.2) is 0 Å². The normalized spacial score (nSPS) is 33.5. The van der Waals surface area contributed by atoms with Gasteiger partial charge < -0.3 is 19.4 Å². The second-order valence-electron chi connectivity index (χ2n) is 9.77. The second-order valence-corrected chi connectivity index (χ2v) is 9.77. The average molecular weight is 361 g/mol. The summed E-state index contributed by atoms with van der Waals surface area (Å²) in [5.74, 6) is -0.300. The molecule has 2 fully saturated rings. The molecular weight excluding hydrogens is 332 g/mol. The van der Waals surface area contributed by atoms with Crippen molar-refractivity contribution >= 4 is 18.3 Å². The first-order valence-electron chi connectivity index (χ1n) is 9.47. The number of benzene rings is 1. The van der Waals surface area contributed by atoms with Gasteiger partial charge in [0, 0.05) is 23.2 Å². The van der Waals surface area contributed by atoms with Gasteiger partial charge in [-0.2, -0.15) is 0 Å². The molecule has 2 unspecified atom stereocenters. The van der Waals surface area contributed by atoms with Gasteiger partial charge in [-0.15, -0.1) is 0 Å². The highest BCUT2D eigenvalue weighted by molar-refractivity contribution is 6.62. The number of anilines is 1. The lowest BCUT2D eigenvalue weighted by Crippen LogP contribution is -2.56. The molecular formula is C20H29BFNO3. The molecule has 2 atom stereocenters. The highest BCUT2D eigenvalue weighted by Gasteiger charge is 2.56. The van der Waals surface area contributed by atoms with E-state index >= 15 is 4.39 Å². The Balaban J connectivity index is 1.80. The van der Waals surface area contributed by atoms with Gasteiger partial charge in [0.25, 0.3) is 0 Å². The molecule has 3 aliphatic heterocycles. The maximum Gasteiger partial charge on any atom is 0.497 e. The van der Waals surface area contributed by atoms with E-state index in [9.17, 15) is 0 Å². The zero-order chi connectivity index (χ0) is 19.1. The maximum atomic E-state index is 15.0. The molecule has 4 nitrogen and oxygen atoms in total. The Morgan fingerprint density at radius 2 is 1.65 bits per heavy atom. The first kappa shape index (κ1) is 18.3. The van der Waals surface area contributed by atoms with Crippen LogP contribution in [0.15, 0.2) is 12.1 Å². The van der Waals surface area contributed by atoms with Crippen molar-refractivity contribution in [2.45, 2.75) is 83.1 Å². The van der Waals surface area contributed by atoms with Crippen molar-refractivity contribution in [1.82, 2.24) is 0 Å². The number of hydrogen-bond acceptors (Lipinski definition) is 4. The van der Waals surface area contributed by atoms with Gasteiger partial charge in [0.1, 0.15) is 5.82 Å². The monoisotopic (exact) mass is 361 g/mol. The fourth-order valence-corrected chi connectivity index (χ4v) is 4.71. The Bertz CT molecular complexity index is 748. The molecule has 142 valence electrons. The molecule has 0 bridgehead atoms. The molecule has 1 aromatic carbocycles. The fraction of sp³-hybridized carbons (Fsp3) is 0.700. The number of fused-ring (bicyclic) bond motifs is 3. The number of rotatable bonds is 1. The van der Waals surface area contributed by atoms with E-state index in [4.69, 9.17) is 14.0 Å². The summed E-state index contributed by atoms with van der Waals surface area (Å²) in [5.41, 5.74) is 0.997. The first-order valence-corrected chi connectivity index (χ1v) is 9.47. The summed E-state index contributed by atoms with van der Waals surface area (Å²) in [4.78, 5) is 0. The Hall–Kier alpha value is -1.11. The Kier molecular flexibility index (Phi) is 3.68. The predicted molar refractivity (Wildman–Crippen MR) is 102 cm³/mol. The van der Waals surface area contributed by atoms with E-state index in [2.05, 4.69) is 26.1 Å². The minimum Gasteiger partial charge on any atom is -0.399 e. The van der Waals surface area contributed by atoms with Crippen molar-refractivity contribution in [3.05, 3.63) is 23.5 Å². The van der Waals surface area contributed by atoms with E-state index in [1.54, 1.807) is 6.07 Å². The van der Waals surface area contributed by atoms with Crippen molar-refractivity contribution in [1.29, 1.82) is 0 Å². The van der Waals surface area contributed by atoms with E-state index < -0.39 is 18.3 Å². The third-order valence-electron chi connectivity index (χ3n) is 6.86. The number of halogens is 1. The molecule has 4 rings (SSSR count). The number of nitrogens with one attached hydrogen (secondary N) is 1. The lowest BCUT2D eigenvalue weighted by Gasteiger charge is -2.48. The summed E-state index contributed by atoms with van der Waals surface area (Å²) in [6.07, 6.45) is 0.962. The molecule has 3 aliphatic rings. The molecule has 0 spiro atoms. The average Bonchev–Trinajstić information content (AvgIpc) is 2.97. The van der Waals surface area contributed by atoms with Crippen LogP contribution in [0, 0.1) is 5.82 Å². The number of hydrogen-bond donors (Lipinski definition) is 1. The van der Waals surface area contributed by atoms with Crippen LogP contribution in [-0.4, -0.2) is 36.6 Å². The van der Waals surface area contributed by atoms with Crippen LogP contribution in [0.3, 0.4) is 0 Å². The lowest BCUT2D eigenvalue weighted by atomic mass is 9.65. The zero-order valence-corrected chi connectivity index (χ0v) is 16.8. The summed E-state index contributed by atoms with van der Waals surface area (Å²) in [6.45, 7) is 15.1. The van der Waals surface area contributed by atoms with E-state index in [1.807, 2.05) is 33.8 Å². The lowest BCUT2D eigenvalue weighted by molar-refractivity contribution is 0.00578. The summed E-state index contributed by atoms with van der Waals surface area (Å²) in [5, 5.41) is 3.48. The van der Waals surface area contributed by atoms with Gasteiger partial charge in [-0.05, 0) is 59.6 Å². The first-order chi connectivity index (χ1) is 11.9. The van der Waals surface area contributed by atoms with Crippen molar-refractivity contribution in [2.75, 3.05) is 11.9 Å². The van der Waals surface area contributed by atoms with E-state index in [-0.39, 0.29) is 22.9 Å². The molecule has 3 heterocycles. The van der Waals surface area contributed by atoms with Gasteiger partial charge in [-0.25, -0.2) is 4.39 Å². The van der Waals surface area contributed by atoms with Gasteiger partial charge in [-0.3, -0.25) is 0 Å². The van der Waals surface area contributed by atoms with Gasteiger partial charge >= 0.3 is 7.12 Å². The molecule has 6 heteroatoms. The predicted octanol–water partition coefficient (Wildman–Crippen LogP) is 3.38. The van der Waals surface area contributed by atoms with E-state index in [0.29, 0.717) is 5.46 Å². The third-order valence-corrected chi connectivity index (χ3v) is 6.86. The van der Waals surface area contributed by atoms with Crippen LogP contribution >= 0.6 is 0 Å². The SMILES string of the molecule is CC1(C)Nc2cc(F)c(B3OC(C)(C)C(C)(C)O3)cc2C2(C)CCOC12. The maximum absolute atomic E-state index is 15.0. The summed E-state index contributed by atoms with van der Waals surface area (Å²) in [6, 6.07) is 3.52. The Labute approximate surface area is 155 Å². The topological polar surface area (TPSA) is 39.7 Å². The van der Waals surface area contributed by atoms with Gasteiger partial charge in [-0.1, -0.05) is 13.0 Å². The molecule has 0 saturated carbocycles. The molecule has 0 amide bonds. The summed E-state index contributed by atoms with van der Waals surface area (Å²) in [7, 11) is -0.704. The van der Waals surface area contributed by atoms with Crippen molar-refractivity contribution in [3.8, 4) is 0 Å². The zero-order valence-electron chi connectivity index (χ0n) is 16.8. The molecule has 26 heavy (non-hydrogen) atoms. The molecule has 2 saturated heterocycles. The van der Waals surface area contributed by atoms with Crippen molar-refractivity contribution in [3.63, 3.8) is 0 Å². The van der Waals surface area contributed by atoms with Crippen LogP contribution in [0.25, 0.3) is 0 Å². The van der Waals surface area contributed by atoms with Crippen LogP contribution in [0.5, 0.6) is 0 Å². The van der Waals surface area contributed by atoms with E-state index in [0.717, 1.165) is 24.3 Å². The molecule has 0 aliphatic carbocycles. The van der Waals surface area contributed by atoms with Crippen LogP contribution in [0.4, 0.5) is 10.1 Å². The molecule has 0 aromatic heterocycles. The van der Waals surface area contributed by atoms with Crippen LogP contribution in [-0.2, 0) is 19.5 Å². The standard InChI is InChI=1S/C20H29BFNO3/c1-17(2)16-20(7,8-9-24-16)12-10-13(14(22)11-15(12)23-17)21-25-18(3,4)19(5,6)26-21/h10-11,16,23H,8-9H2,1-7H3. The van der Waals surface area contributed by atoms with Crippen molar-refractivity contribution < 1.29 is 18.4 Å². The smallest absolute Gasteiger partial charge is 0.399 e. The third kappa shape index (κ3) is 2.38. The summed E-state index contributed by atoms with van der Waals surface area (Å²) < 4.78 is 33.3. The quantitative estimate of drug-likeness (QED) is 0.779. The highest BCUT2D eigenvalue weighted by atomic mass is 19.1. The molecule has 1 N–H and O–H groups in total. The largest absolute Gasteiger partial charge is 0.497 e. The minimum atomic E-state index is -0.704. The fourth-order valence-electron chi connectivity index (χ4n) is 4.71. The van der Waals surface area contributed by atoms with Crippen LogP contribution < -0.4 is 10.8 Å². The van der Waals surface area contributed by atoms with E-state index in [1.165, 1.54) is 0 Å². The van der Waals surface area contributed by atoms with Crippen molar-refractivity contribution in [2.24, 2.45) is 0 Å². The Morgan fingerprint density at radius 3 is 2.27 bits per heavy atom. The van der Waals surface area contributed by atoms with Crippen LogP contribution in [0.1, 0.15) is 60.5 Å². The van der Waals surface area contributed by atoms with Gasteiger partial charge in [0.05, 0.1) is 22.8 Å². The summed E-state index contributed by atoms with van der Waals surface area (Å²) >= 11 is 0. The van der Waals surface area contributed by atoms with Gasteiger partial charge in [0.2, 0.25) is 0 Å². The second kappa shape index (κ2) is 5.24. The minimum absolute atomic E-state index is 0.0408. The highest BCUT2D eigenvalue weighted by Crippen LogP contribution is 2.50. The number of ether oxygens (including phenoxy) is 1.